The number of amides is 1. The minimum absolute atomic E-state index is 0.0231. The smallest absolute Gasteiger partial charge is 0.404 e. The van der Waals surface area contributed by atoms with E-state index in [1.165, 1.54) is 0 Å². The maximum absolute atomic E-state index is 10.6. The van der Waals surface area contributed by atoms with Crippen LogP contribution in [0.25, 0.3) is 11.0 Å². The normalized spacial score (nSPS) is 16.6. The molecule has 2 aromatic rings. The van der Waals surface area contributed by atoms with E-state index in [0.29, 0.717) is 0 Å². The number of aryl methyl sites for hydroxylation is 1. The van der Waals surface area contributed by atoms with Gasteiger partial charge in [0, 0.05) is 26.2 Å². The molecule has 8 heteroatoms. The summed E-state index contributed by atoms with van der Waals surface area (Å²) in [6, 6.07) is 0.0231. The maximum Gasteiger partial charge on any atom is 0.404 e. The average Bonchev–Trinajstić information content (AvgIpc) is 2.81. The highest BCUT2D eigenvalue weighted by Gasteiger charge is 2.23. The molecule has 2 N–H and O–H groups in total. The molecular formula is C12H16N6O2. The minimum atomic E-state index is -0.958. The van der Waals surface area contributed by atoms with Gasteiger partial charge < -0.3 is 15.3 Å². The third kappa shape index (κ3) is 2.24. The molecule has 0 aromatic carbocycles. The number of fused-ring (bicyclic) bond motifs is 1. The number of hydrogen-bond donors (Lipinski definition) is 2. The molecule has 0 bridgehead atoms. The van der Waals surface area contributed by atoms with E-state index in [0.717, 1.165) is 42.8 Å². The van der Waals surface area contributed by atoms with Crippen molar-refractivity contribution in [3.8, 4) is 0 Å². The highest BCUT2D eigenvalue weighted by Crippen LogP contribution is 2.25. The van der Waals surface area contributed by atoms with Crippen molar-refractivity contribution >= 4 is 22.9 Å². The quantitative estimate of drug-likeness (QED) is 0.833. The van der Waals surface area contributed by atoms with Gasteiger partial charge >= 0.3 is 6.09 Å². The molecule has 0 radical (unpaired) electrons. The van der Waals surface area contributed by atoms with Crippen molar-refractivity contribution in [1.82, 2.24) is 25.1 Å². The predicted molar refractivity (Wildman–Crippen MR) is 72.7 cm³/mol. The number of anilines is 1. The molecule has 1 aliphatic rings. The van der Waals surface area contributed by atoms with Crippen LogP contribution < -0.4 is 10.2 Å². The molecule has 0 spiro atoms. The maximum atomic E-state index is 10.6. The van der Waals surface area contributed by atoms with E-state index < -0.39 is 6.09 Å². The van der Waals surface area contributed by atoms with E-state index in [9.17, 15) is 4.79 Å². The zero-order valence-electron chi connectivity index (χ0n) is 11.2. The molecule has 1 aliphatic heterocycles. The van der Waals surface area contributed by atoms with Gasteiger partial charge in [0.05, 0.1) is 11.6 Å². The first-order chi connectivity index (χ1) is 9.65. The molecule has 3 rings (SSSR count). The van der Waals surface area contributed by atoms with Crippen LogP contribution in [0.1, 0.15) is 12.8 Å². The van der Waals surface area contributed by atoms with Crippen molar-refractivity contribution in [2.24, 2.45) is 7.05 Å². The number of nitrogens with one attached hydrogen (secondary N) is 1. The summed E-state index contributed by atoms with van der Waals surface area (Å²) in [4.78, 5) is 21.4. The lowest BCUT2D eigenvalue weighted by atomic mass is 10.1. The van der Waals surface area contributed by atoms with Crippen molar-refractivity contribution in [3.63, 3.8) is 0 Å². The highest BCUT2D eigenvalue weighted by molar-refractivity contribution is 5.86. The molecule has 1 fully saturated rings. The molecule has 3 heterocycles. The Hall–Kier alpha value is -2.38. The van der Waals surface area contributed by atoms with Gasteiger partial charge in [0.25, 0.3) is 0 Å². The van der Waals surface area contributed by atoms with Crippen LogP contribution in [-0.2, 0) is 7.05 Å². The van der Waals surface area contributed by atoms with Crippen LogP contribution in [-0.4, -0.2) is 50.1 Å². The fraction of sp³-hybridized carbons (Fsp3) is 0.500. The van der Waals surface area contributed by atoms with Gasteiger partial charge in [0.2, 0.25) is 0 Å². The Balaban J connectivity index is 1.78. The monoisotopic (exact) mass is 276 g/mol. The van der Waals surface area contributed by atoms with Gasteiger partial charge in [-0.1, -0.05) is 0 Å². The molecule has 2 aromatic heterocycles. The zero-order valence-corrected chi connectivity index (χ0v) is 11.2. The largest absolute Gasteiger partial charge is 0.465 e. The summed E-state index contributed by atoms with van der Waals surface area (Å²) in [7, 11) is 1.85. The minimum Gasteiger partial charge on any atom is -0.465 e. The lowest BCUT2D eigenvalue weighted by molar-refractivity contribution is 0.187. The summed E-state index contributed by atoms with van der Waals surface area (Å²) in [5, 5.41) is 16.4. The summed E-state index contributed by atoms with van der Waals surface area (Å²) in [5.41, 5.74) is 0.806. The van der Waals surface area contributed by atoms with E-state index in [1.807, 2.05) is 7.05 Å². The summed E-state index contributed by atoms with van der Waals surface area (Å²) in [5.74, 6) is 0.872. The second-order valence-electron chi connectivity index (χ2n) is 4.91. The second-order valence-corrected chi connectivity index (χ2v) is 4.91. The standard InChI is InChI=1S/C12H16N6O2/c1-17-10-9(6-15-17)11(14-7-13-10)18-4-2-8(3-5-18)16-12(19)20/h6-8,16H,2-5H2,1H3,(H,19,20). The van der Waals surface area contributed by atoms with E-state index in [1.54, 1.807) is 17.2 Å². The summed E-state index contributed by atoms with van der Waals surface area (Å²) in [6.45, 7) is 1.54. The summed E-state index contributed by atoms with van der Waals surface area (Å²) in [6.07, 6.45) is 3.91. The number of carbonyl (C=O) groups is 1. The summed E-state index contributed by atoms with van der Waals surface area (Å²) >= 11 is 0. The van der Waals surface area contributed by atoms with E-state index in [2.05, 4.69) is 25.3 Å². The van der Waals surface area contributed by atoms with Crippen LogP contribution in [0.15, 0.2) is 12.5 Å². The van der Waals surface area contributed by atoms with Crippen LogP contribution in [0, 0.1) is 0 Å². The average molecular weight is 276 g/mol. The van der Waals surface area contributed by atoms with Crippen LogP contribution in [0.5, 0.6) is 0 Å². The van der Waals surface area contributed by atoms with Gasteiger partial charge in [-0.25, -0.2) is 14.8 Å². The van der Waals surface area contributed by atoms with E-state index in [4.69, 9.17) is 5.11 Å². The molecule has 8 nitrogen and oxygen atoms in total. The van der Waals surface area contributed by atoms with E-state index in [-0.39, 0.29) is 6.04 Å². The number of nitrogens with zero attached hydrogens (tertiary/aromatic N) is 5. The number of hydrogen-bond acceptors (Lipinski definition) is 5. The topological polar surface area (TPSA) is 96.2 Å². The van der Waals surface area contributed by atoms with Crippen LogP contribution >= 0.6 is 0 Å². The number of carboxylic acid groups (broad SMARTS) is 1. The second kappa shape index (κ2) is 4.95. The lowest BCUT2D eigenvalue weighted by Gasteiger charge is -2.32. The molecule has 1 amide bonds. The molecule has 20 heavy (non-hydrogen) atoms. The number of piperidine rings is 1. The van der Waals surface area contributed by atoms with Crippen molar-refractivity contribution in [1.29, 1.82) is 0 Å². The number of aromatic nitrogens is 4. The third-order valence-electron chi connectivity index (χ3n) is 3.63. The Morgan fingerprint density at radius 1 is 1.40 bits per heavy atom. The predicted octanol–water partition coefficient (Wildman–Crippen LogP) is 0.600. The Morgan fingerprint density at radius 3 is 2.85 bits per heavy atom. The number of rotatable bonds is 2. The first kappa shape index (κ1) is 12.6. The molecule has 0 saturated carbocycles. The SMILES string of the molecule is Cn1ncc2c(N3CCC(NC(=O)O)CC3)ncnc21. The Kier molecular flexibility index (Phi) is 3.13. The van der Waals surface area contributed by atoms with Gasteiger partial charge in [-0.15, -0.1) is 0 Å². The molecule has 0 atom stereocenters. The van der Waals surface area contributed by atoms with Gasteiger partial charge in [-0.3, -0.25) is 4.68 Å². The first-order valence-corrected chi connectivity index (χ1v) is 6.52. The van der Waals surface area contributed by atoms with Crippen LogP contribution in [0.3, 0.4) is 0 Å². The van der Waals surface area contributed by atoms with Crippen molar-refractivity contribution in [3.05, 3.63) is 12.5 Å². The van der Waals surface area contributed by atoms with Crippen molar-refractivity contribution in [2.75, 3.05) is 18.0 Å². The molecular weight excluding hydrogens is 260 g/mol. The Bertz CT molecular complexity index is 632. The van der Waals surface area contributed by atoms with Crippen molar-refractivity contribution < 1.29 is 9.90 Å². The Morgan fingerprint density at radius 2 is 2.15 bits per heavy atom. The third-order valence-corrected chi connectivity index (χ3v) is 3.63. The molecule has 0 unspecified atom stereocenters. The zero-order chi connectivity index (χ0) is 14.1. The first-order valence-electron chi connectivity index (χ1n) is 6.52. The van der Waals surface area contributed by atoms with Gasteiger partial charge in [-0.2, -0.15) is 5.10 Å². The lowest BCUT2D eigenvalue weighted by Crippen LogP contribution is -2.44. The van der Waals surface area contributed by atoms with Gasteiger partial charge in [0.15, 0.2) is 5.65 Å². The van der Waals surface area contributed by atoms with E-state index >= 15 is 0 Å². The Labute approximate surface area is 115 Å². The fourth-order valence-corrected chi connectivity index (χ4v) is 2.61. The molecule has 1 saturated heterocycles. The molecule has 0 aliphatic carbocycles. The fourth-order valence-electron chi connectivity index (χ4n) is 2.61. The van der Waals surface area contributed by atoms with Gasteiger partial charge in [-0.05, 0) is 12.8 Å². The van der Waals surface area contributed by atoms with Gasteiger partial charge in [0.1, 0.15) is 12.1 Å². The van der Waals surface area contributed by atoms with Crippen LogP contribution in [0.2, 0.25) is 0 Å². The van der Waals surface area contributed by atoms with Crippen LogP contribution in [0.4, 0.5) is 10.6 Å². The molecule has 106 valence electrons. The highest BCUT2D eigenvalue weighted by atomic mass is 16.4. The summed E-state index contributed by atoms with van der Waals surface area (Å²) < 4.78 is 1.72. The van der Waals surface area contributed by atoms with Crippen molar-refractivity contribution in [2.45, 2.75) is 18.9 Å².